The molecule has 0 unspecified atom stereocenters. The zero-order chi connectivity index (χ0) is 28.8. The first-order valence-corrected chi connectivity index (χ1v) is 16.8. The molecule has 0 bridgehead atoms. The van der Waals surface area contributed by atoms with Gasteiger partial charge in [-0.05, 0) is 36.8 Å². The summed E-state index contributed by atoms with van der Waals surface area (Å²) in [5.74, 6) is -0.0268. The van der Waals surface area contributed by atoms with Gasteiger partial charge in [0, 0.05) is 17.0 Å². The summed E-state index contributed by atoms with van der Waals surface area (Å²) in [6.45, 7) is 6.88. The molecule has 0 radical (unpaired) electrons. The van der Waals surface area contributed by atoms with Gasteiger partial charge in [-0.2, -0.15) is 11.8 Å². The largest absolute Gasteiger partial charge is 0.467 e. The van der Waals surface area contributed by atoms with Gasteiger partial charge in [-0.15, -0.1) is 0 Å². The maximum atomic E-state index is 13.4. The fourth-order valence-corrected chi connectivity index (χ4v) is 6.68. The number of hydrogen-bond donors (Lipinski definition) is 3. The highest BCUT2D eigenvalue weighted by atomic mass is 33.1. The average Bonchev–Trinajstić information content (AvgIpc) is 2.92. The van der Waals surface area contributed by atoms with E-state index in [0.29, 0.717) is 37.4 Å². The maximum Gasteiger partial charge on any atom is 0.328 e. The smallest absolute Gasteiger partial charge is 0.328 e. The zero-order valence-electron chi connectivity index (χ0n) is 23.5. The molecule has 1 aromatic rings. The Hall–Kier alpha value is -1.44. The van der Waals surface area contributed by atoms with Crippen LogP contribution in [0.1, 0.15) is 45.6 Å². The highest BCUT2D eigenvalue weighted by Crippen LogP contribution is 2.35. The summed E-state index contributed by atoms with van der Waals surface area (Å²) < 4.78 is 17.2. The van der Waals surface area contributed by atoms with Crippen LogP contribution in [0.25, 0.3) is 0 Å². The Balaban J connectivity index is 2.01. The van der Waals surface area contributed by atoms with E-state index in [4.69, 9.17) is 19.9 Å². The molecule has 5 atom stereocenters. The number of carbonyl (C=O) groups excluding carboxylic acids is 3. The van der Waals surface area contributed by atoms with Gasteiger partial charge in [0.2, 0.25) is 5.91 Å². The van der Waals surface area contributed by atoms with Crippen LogP contribution in [0, 0.1) is 0 Å². The van der Waals surface area contributed by atoms with Gasteiger partial charge in [-0.25, -0.2) is 4.79 Å². The number of nitrogens with two attached hydrogens (primary N) is 1. The molecule has 1 saturated heterocycles. The zero-order valence-corrected chi connectivity index (χ0v) is 25.9. The van der Waals surface area contributed by atoms with Crippen LogP contribution >= 0.6 is 33.3 Å². The Labute approximate surface area is 244 Å². The fourth-order valence-electron chi connectivity index (χ4n) is 3.78. The molecule has 1 fully saturated rings. The van der Waals surface area contributed by atoms with Crippen LogP contribution in [0.4, 0.5) is 0 Å². The quantitative estimate of drug-likeness (QED) is 0.204. The predicted octanol–water partition coefficient (Wildman–Crippen LogP) is 3.15. The second-order valence-corrected chi connectivity index (χ2v) is 14.4. The third kappa shape index (κ3) is 12.7. The number of methoxy groups -OCH3 is 1. The molecule has 1 heterocycles. The van der Waals surface area contributed by atoms with E-state index in [1.54, 1.807) is 33.3 Å². The summed E-state index contributed by atoms with van der Waals surface area (Å²) in [7, 11) is 4.56. The van der Waals surface area contributed by atoms with Crippen molar-refractivity contribution in [2.45, 2.75) is 81.8 Å². The van der Waals surface area contributed by atoms with Gasteiger partial charge in [-0.1, -0.05) is 72.7 Å². The highest BCUT2D eigenvalue weighted by Gasteiger charge is 2.39. The lowest BCUT2D eigenvalue weighted by molar-refractivity contribution is -0.169. The SMILES string of the molecule is COC(=O)[C@H](CCSC)NC(=O)[C@H]1O[C@@H](CNC(=O)[C@@H](N)CSSC(C)(C)C)CC[C@@H]1OCc1ccccc1. The van der Waals surface area contributed by atoms with E-state index in [9.17, 15) is 14.4 Å². The standard InChI is InChI=1S/C27H43N3O6S3/c1-27(2,3)39-38-17-20(28)24(31)29-15-19-11-12-22(35-16-18-9-7-6-8-10-18)23(36-19)25(32)30-21(13-14-37-5)26(33)34-4/h6-10,19-23H,11-17,28H2,1-5H3,(H,29,31)(H,30,32)/t19-,20+,21+,22+,23+/m1/s1. The lowest BCUT2D eigenvalue weighted by atomic mass is 9.99. The van der Waals surface area contributed by atoms with Crippen molar-refractivity contribution in [3.63, 3.8) is 0 Å². The maximum absolute atomic E-state index is 13.4. The Morgan fingerprint density at radius 3 is 2.54 bits per heavy atom. The van der Waals surface area contributed by atoms with Crippen LogP contribution in [0.2, 0.25) is 0 Å². The summed E-state index contributed by atoms with van der Waals surface area (Å²) in [6, 6.07) is 8.26. The van der Waals surface area contributed by atoms with Crippen molar-refractivity contribution in [2.75, 3.05) is 31.4 Å². The monoisotopic (exact) mass is 601 g/mol. The lowest BCUT2D eigenvalue weighted by Gasteiger charge is -2.36. The Morgan fingerprint density at radius 2 is 1.90 bits per heavy atom. The molecule has 220 valence electrons. The topological polar surface area (TPSA) is 129 Å². The molecule has 2 rings (SSSR count). The molecule has 1 aliphatic rings. The third-order valence-electron chi connectivity index (χ3n) is 5.83. The first-order chi connectivity index (χ1) is 18.5. The third-order valence-corrected chi connectivity index (χ3v) is 9.84. The number of thioether (sulfide) groups is 1. The molecular formula is C27H43N3O6S3. The van der Waals surface area contributed by atoms with Crippen molar-refractivity contribution < 1.29 is 28.6 Å². The van der Waals surface area contributed by atoms with E-state index < -0.39 is 42.3 Å². The number of benzene rings is 1. The van der Waals surface area contributed by atoms with Crippen molar-refractivity contribution in [1.29, 1.82) is 0 Å². The number of ether oxygens (including phenoxy) is 3. The molecule has 0 aromatic heterocycles. The first-order valence-electron chi connectivity index (χ1n) is 13.1. The van der Waals surface area contributed by atoms with Crippen LogP contribution in [-0.2, 0) is 35.2 Å². The minimum absolute atomic E-state index is 0.0771. The number of amides is 2. The molecule has 4 N–H and O–H groups in total. The molecule has 0 spiro atoms. The first kappa shape index (κ1) is 33.8. The van der Waals surface area contributed by atoms with Crippen LogP contribution in [0.5, 0.6) is 0 Å². The summed E-state index contributed by atoms with van der Waals surface area (Å²) in [5.41, 5.74) is 7.06. The second kappa shape index (κ2) is 17.4. The Kier molecular flexibility index (Phi) is 15.1. The fraction of sp³-hybridized carbons (Fsp3) is 0.667. The van der Waals surface area contributed by atoms with Gasteiger partial charge in [0.05, 0.1) is 32.0 Å². The summed E-state index contributed by atoms with van der Waals surface area (Å²) in [5, 5.41) is 5.66. The van der Waals surface area contributed by atoms with Crippen molar-refractivity contribution in [3.8, 4) is 0 Å². The van der Waals surface area contributed by atoms with Gasteiger partial charge in [0.25, 0.3) is 5.91 Å². The molecular weight excluding hydrogens is 559 g/mol. The van der Waals surface area contributed by atoms with Crippen molar-refractivity contribution in [2.24, 2.45) is 5.73 Å². The van der Waals surface area contributed by atoms with Gasteiger partial charge < -0.3 is 30.6 Å². The molecule has 12 heteroatoms. The predicted molar refractivity (Wildman–Crippen MR) is 161 cm³/mol. The molecule has 9 nitrogen and oxygen atoms in total. The second-order valence-electron chi connectivity index (χ2n) is 10.3. The average molecular weight is 602 g/mol. The van der Waals surface area contributed by atoms with Crippen LogP contribution in [-0.4, -0.2) is 84.3 Å². The molecule has 39 heavy (non-hydrogen) atoms. The van der Waals surface area contributed by atoms with E-state index in [1.807, 2.05) is 36.6 Å². The van der Waals surface area contributed by atoms with E-state index >= 15 is 0 Å². The number of rotatable bonds is 15. The van der Waals surface area contributed by atoms with Gasteiger partial charge in [0.15, 0.2) is 6.10 Å². The summed E-state index contributed by atoms with van der Waals surface area (Å²) in [6.07, 6.45) is 1.67. The number of esters is 1. The lowest BCUT2D eigenvalue weighted by Crippen LogP contribution is -2.55. The number of carbonyl (C=O) groups is 3. The van der Waals surface area contributed by atoms with Crippen LogP contribution < -0.4 is 16.4 Å². The number of nitrogens with one attached hydrogen (secondary N) is 2. The van der Waals surface area contributed by atoms with E-state index in [2.05, 4.69) is 31.4 Å². The molecule has 2 amide bonds. The van der Waals surface area contributed by atoms with Crippen LogP contribution in [0.3, 0.4) is 0 Å². The number of hydrogen-bond acceptors (Lipinski definition) is 10. The van der Waals surface area contributed by atoms with E-state index in [1.165, 1.54) is 7.11 Å². The molecule has 1 aromatic carbocycles. The molecule has 0 aliphatic carbocycles. The van der Waals surface area contributed by atoms with Crippen molar-refractivity contribution in [3.05, 3.63) is 35.9 Å². The highest BCUT2D eigenvalue weighted by molar-refractivity contribution is 8.77. The van der Waals surface area contributed by atoms with Crippen LogP contribution in [0.15, 0.2) is 30.3 Å². The normalized spacial score (nSPS) is 21.0. The summed E-state index contributed by atoms with van der Waals surface area (Å²) in [4.78, 5) is 38.2. The Morgan fingerprint density at radius 1 is 1.18 bits per heavy atom. The minimum Gasteiger partial charge on any atom is -0.467 e. The van der Waals surface area contributed by atoms with E-state index in [-0.39, 0.29) is 17.2 Å². The van der Waals surface area contributed by atoms with Crippen molar-refractivity contribution in [1.82, 2.24) is 10.6 Å². The van der Waals surface area contributed by atoms with Gasteiger partial charge >= 0.3 is 5.97 Å². The van der Waals surface area contributed by atoms with E-state index in [0.717, 1.165) is 5.56 Å². The minimum atomic E-state index is -0.946. The summed E-state index contributed by atoms with van der Waals surface area (Å²) >= 11 is 1.58. The molecule has 0 saturated carbocycles. The molecule has 1 aliphatic heterocycles. The van der Waals surface area contributed by atoms with Gasteiger partial charge in [-0.3, -0.25) is 9.59 Å². The Bertz CT molecular complexity index is 903. The van der Waals surface area contributed by atoms with Gasteiger partial charge in [0.1, 0.15) is 6.04 Å². The van der Waals surface area contributed by atoms with Crippen molar-refractivity contribution >= 4 is 51.1 Å².